The van der Waals surface area contributed by atoms with Gasteiger partial charge in [-0.25, -0.2) is 14.4 Å². The second-order valence-corrected chi connectivity index (χ2v) is 6.03. The number of halogens is 5. The molecule has 0 fully saturated rings. The van der Waals surface area contributed by atoms with Crippen molar-refractivity contribution in [2.24, 2.45) is 10.7 Å². The predicted molar refractivity (Wildman–Crippen MR) is 116 cm³/mol. The van der Waals surface area contributed by atoms with Crippen LogP contribution in [-0.2, 0) is 6.54 Å². The van der Waals surface area contributed by atoms with Crippen molar-refractivity contribution in [1.29, 1.82) is 0 Å². The van der Waals surface area contributed by atoms with Crippen molar-refractivity contribution in [1.82, 2.24) is 9.55 Å². The van der Waals surface area contributed by atoms with Gasteiger partial charge in [-0.3, -0.25) is 0 Å². The molecule has 0 saturated heterocycles. The summed E-state index contributed by atoms with van der Waals surface area (Å²) in [7, 11) is 0. The average Bonchev–Trinajstić information content (AvgIpc) is 3.06. The molecule has 0 saturated carbocycles. The van der Waals surface area contributed by atoms with E-state index in [-0.39, 0.29) is 42.2 Å². The van der Waals surface area contributed by atoms with Crippen LogP contribution in [0.4, 0.5) is 23.2 Å². The molecule has 30 heavy (non-hydrogen) atoms. The summed E-state index contributed by atoms with van der Waals surface area (Å²) >= 11 is 0. The van der Waals surface area contributed by atoms with Gasteiger partial charge in [-0.2, -0.15) is 0 Å². The molecule has 0 amide bonds. The Hall–Kier alpha value is -2.83. The number of anilines is 1. The lowest BCUT2D eigenvalue weighted by molar-refractivity contribution is -0.274. The van der Waals surface area contributed by atoms with Crippen molar-refractivity contribution in [3.8, 4) is 11.4 Å². The highest BCUT2D eigenvalue weighted by Gasteiger charge is 2.30. The molecule has 0 aliphatic carbocycles. The Labute approximate surface area is 186 Å². The first-order valence-corrected chi connectivity index (χ1v) is 8.43. The van der Waals surface area contributed by atoms with E-state index < -0.39 is 12.2 Å². The second kappa shape index (κ2) is 9.78. The van der Waals surface area contributed by atoms with Gasteiger partial charge in [0.15, 0.2) is 5.96 Å². The number of nitrogens with zero attached hydrogens (tertiary/aromatic N) is 3. The van der Waals surface area contributed by atoms with Crippen molar-refractivity contribution in [3.05, 3.63) is 72.1 Å². The summed E-state index contributed by atoms with van der Waals surface area (Å²) in [5.41, 5.74) is 7.18. The number of aromatic nitrogens is 2. The lowest BCUT2D eigenvalue weighted by Gasteiger charge is -2.10. The minimum Gasteiger partial charge on any atom is -0.406 e. The molecule has 0 unspecified atom stereocenters. The fourth-order valence-corrected chi connectivity index (χ4v) is 2.58. The molecule has 160 valence electrons. The number of aliphatic imine (C=N–C) groups is 1. The highest BCUT2D eigenvalue weighted by Crippen LogP contribution is 2.24. The Morgan fingerprint density at radius 1 is 1.20 bits per heavy atom. The molecule has 3 N–H and O–H groups in total. The van der Waals surface area contributed by atoms with Crippen molar-refractivity contribution >= 4 is 35.6 Å². The molecule has 0 spiro atoms. The summed E-state index contributed by atoms with van der Waals surface area (Å²) in [6.07, 6.45) is -1.50. The largest absolute Gasteiger partial charge is 0.573 e. The first-order chi connectivity index (χ1) is 13.7. The first-order valence-electron chi connectivity index (χ1n) is 8.43. The van der Waals surface area contributed by atoms with E-state index in [0.29, 0.717) is 22.8 Å². The number of imidazole rings is 1. The summed E-state index contributed by atoms with van der Waals surface area (Å²) in [6, 6.07) is 9.73. The minimum absolute atomic E-state index is 0. The smallest absolute Gasteiger partial charge is 0.406 e. The molecule has 1 heterocycles. The number of nitrogens with two attached hydrogens (primary N) is 1. The van der Waals surface area contributed by atoms with Gasteiger partial charge >= 0.3 is 6.36 Å². The maximum Gasteiger partial charge on any atom is 0.573 e. The fraction of sp³-hybridized carbons (Fsp3) is 0.158. The van der Waals surface area contributed by atoms with Crippen LogP contribution >= 0.6 is 24.0 Å². The topological polar surface area (TPSA) is 77.5 Å². The first kappa shape index (κ1) is 23.4. The van der Waals surface area contributed by atoms with Crippen LogP contribution in [0.25, 0.3) is 5.69 Å². The molecule has 0 bridgehead atoms. The molecule has 1 aromatic heterocycles. The van der Waals surface area contributed by atoms with Gasteiger partial charge in [0.2, 0.25) is 0 Å². The Morgan fingerprint density at radius 3 is 2.47 bits per heavy atom. The predicted octanol–water partition coefficient (Wildman–Crippen LogP) is 4.76. The molecule has 2 aromatic carbocycles. The van der Waals surface area contributed by atoms with Crippen molar-refractivity contribution in [2.75, 3.05) is 5.32 Å². The summed E-state index contributed by atoms with van der Waals surface area (Å²) in [4.78, 5) is 8.17. The van der Waals surface area contributed by atoms with Crippen LogP contribution < -0.4 is 15.8 Å². The van der Waals surface area contributed by atoms with Gasteiger partial charge in [0.1, 0.15) is 17.4 Å². The molecule has 6 nitrogen and oxygen atoms in total. The highest BCUT2D eigenvalue weighted by molar-refractivity contribution is 14.0. The number of benzene rings is 2. The zero-order chi connectivity index (χ0) is 21.0. The van der Waals surface area contributed by atoms with Gasteiger partial charge in [0.25, 0.3) is 0 Å². The van der Waals surface area contributed by atoms with Gasteiger partial charge in [-0.1, -0.05) is 6.07 Å². The monoisotopic (exact) mass is 535 g/mol. The van der Waals surface area contributed by atoms with Crippen LogP contribution in [0.1, 0.15) is 11.4 Å². The number of hydrogen-bond donors (Lipinski definition) is 2. The number of alkyl halides is 3. The molecule has 0 radical (unpaired) electrons. The molecule has 0 aliphatic rings. The van der Waals surface area contributed by atoms with Crippen LogP contribution in [0, 0.1) is 12.7 Å². The Morgan fingerprint density at radius 2 is 1.90 bits per heavy atom. The lowest BCUT2D eigenvalue weighted by atomic mass is 10.2. The number of nitrogens with one attached hydrogen (secondary N) is 1. The molecular weight excluding hydrogens is 517 g/mol. The lowest BCUT2D eigenvalue weighted by Crippen LogP contribution is -2.22. The van der Waals surface area contributed by atoms with E-state index in [1.807, 2.05) is 0 Å². The maximum atomic E-state index is 14.4. The number of guanidine groups is 1. The van der Waals surface area contributed by atoms with E-state index in [2.05, 4.69) is 20.0 Å². The van der Waals surface area contributed by atoms with Crippen LogP contribution in [-0.4, -0.2) is 21.9 Å². The van der Waals surface area contributed by atoms with Gasteiger partial charge < -0.3 is 20.4 Å². The van der Waals surface area contributed by atoms with Crippen LogP contribution in [0.15, 0.2) is 59.9 Å². The van der Waals surface area contributed by atoms with Gasteiger partial charge in [-0.15, -0.1) is 37.1 Å². The van der Waals surface area contributed by atoms with E-state index in [4.69, 9.17) is 5.73 Å². The molecule has 11 heteroatoms. The van der Waals surface area contributed by atoms with E-state index in [9.17, 15) is 17.6 Å². The van der Waals surface area contributed by atoms with Crippen molar-refractivity contribution in [3.63, 3.8) is 0 Å². The molecule has 0 aliphatic heterocycles. The zero-order valence-electron chi connectivity index (χ0n) is 15.7. The highest BCUT2D eigenvalue weighted by atomic mass is 127. The summed E-state index contributed by atoms with van der Waals surface area (Å²) < 4.78 is 56.3. The number of ether oxygens (including phenoxy) is 1. The maximum absolute atomic E-state index is 14.4. The van der Waals surface area contributed by atoms with Crippen molar-refractivity contribution < 1.29 is 22.3 Å². The van der Waals surface area contributed by atoms with Gasteiger partial charge in [-0.05, 0) is 48.9 Å². The second-order valence-electron chi connectivity index (χ2n) is 6.03. The number of aryl methyl sites for hydroxylation is 1. The Bertz CT molecular complexity index is 1020. The Kier molecular flexibility index (Phi) is 7.65. The minimum atomic E-state index is -4.75. The molecule has 0 atom stereocenters. The number of rotatable bonds is 5. The quantitative estimate of drug-likeness (QED) is 0.214. The third-order valence-corrected chi connectivity index (χ3v) is 3.89. The van der Waals surface area contributed by atoms with Gasteiger partial charge in [0, 0.05) is 18.1 Å². The van der Waals surface area contributed by atoms with E-state index in [0.717, 1.165) is 12.1 Å². The number of hydrogen-bond acceptors (Lipinski definition) is 3. The summed E-state index contributed by atoms with van der Waals surface area (Å²) in [6.45, 7) is 1.89. The third kappa shape index (κ3) is 6.34. The van der Waals surface area contributed by atoms with Gasteiger partial charge in [0.05, 0.1) is 12.2 Å². The molecular formula is C19H18F4IN5O. The molecule has 3 aromatic rings. The van der Waals surface area contributed by atoms with E-state index in [1.54, 1.807) is 36.0 Å². The standard InChI is InChI=1S/C19H17F4N5O.HI/c1-12-25-8-9-28(12)17-7-2-13(10-16(17)20)11-26-18(24)27-14-3-5-15(6-4-14)29-19(21,22)23;/h2-10H,11H2,1H3,(H3,24,26,27);1H. The normalized spacial score (nSPS) is 11.7. The SMILES string of the molecule is Cc1nccn1-c1ccc(CN=C(N)Nc2ccc(OC(F)(F)F)cc2)cc1F.I. The zero-order valence-corrected chi connectivity index (χ0v) is 18.0. The fourth-order valence-electron chi connectivity index (χ4n) is 2.58. The average molecular weight is 535 g/mol. The van der Waals surface area contributed by atoms with E-state index in [1.165, 1.54) is 18.2 Å². The van der Waals surface area contributed by atoms with Crippen LogP contribution in [0.2, 0.25) is 0 Å². The summed E-state index contributed by atoms with van der Waals surface area (Å²) in [5.74, 6) is -0.0768. The summed E-state index contributed by atoms with van der Waals surface area (Å²) in [5, 5.41) is 2.74. The van der Waals surface area contributed by atoms with Crippen LogP contribution in [0.3, 0.4) is 0 Å². The van der Waals surface area contributed by atoms with E-state index >= 15 is 0 Å². The Balaban J connectivity index is 0.00000320. The van der Waals surface area contributed by atoms with Crippen LogP contribution in [0.5, 0.6) is 5.75 Å². The van der Waals surface area contributed by atoms with Crippen molar-refractivity contribution in [2.45, 2.75) is 19.8 Å². The molecule has 3 rings (SSSR count). The third-order valence-electron chi connectivity index (χ3n) is 3.89.